The van der Waals surface area contributed by atoms with E-state index in [0.29, 0.717) is 52.1 Å². The van der Waals surface area contributed by atoms with Crippen molar-refractivity contribution in [1.29, 1.82) is 0 Å². The van der Waals surface area contributed by atoms with E-state index in [1.165, 1.54) is 0 Å². The van der Waals surface area contributed by atoms with Gasteiger partial charge < -0.3 is 19.1 Å². The Bertz CT molecular complexity index is 1800. The number of aromatic nitrogens is 1. The number of para-hydroxylation sites is 1. The summed E-state index contributed by atoms with van der Waals surface area (Å²) in [6.07, 6.45) is 1.02. The lowest BCUT2D eigenvalue weighted by atomic mass is 9.97. The first-order valence-corrected chi connectivity index (χ1v) is 14.9. The van der Waals surface area contributed by atoms with E-state index in [2.05, 4.69) is 0 Å². The Labute approximate surface area is 259 Å². The first kappa shape index (κ1) is 28.8. The number of rotatable bonds is 9. The third-order valence-corrected chi connectivity index (χ3v) is 8.67. The zero-order valence-electron chi connectivity index (χ0n) is 23.6. The molecule has 1 aromatic heterocycles. The van der Waals surface area contributed by atoms with E-state index >= 15 is 0 Å². The van der Waals surface area contributed by atoms with Crippen molar-refractivity contribution in [1.82, 2.24) is 4.57 Å². The average Bonchev–Trinajstić information content (AvgIpc) is 3.53. The minimum Gasteiger partial charge on any atom is -0.481 e. The molecular weight excluding hydrogens is 585 g/mol. The van der Waals surface area contributed by atoms with Gasteiger partial charge in [-0.1, -0.05) is 48.3 Å². The molecule has 43 heavy (non-hydrogen) atoms. The van der Waals surface area contributed by atoms with Crippen LogP contribution < -0.4 is 9.47 Å². The highest BCUT2D eigenvalue weighted by Crippen LogP contribution is 2.48. The predicted molar refractivity (Wildman–Crippen MR) is 168 cm³/mol. The molecule has 1 N–H and O–H groups in total. The summed E-state index contributed by atoms with van der Waals surface area (Å²) in [5, 5.41) is 11.6. The van der Waals surface area contributed by atoms with E-state index in [1.807, 2.05) is 66.9 Å². The average molecular weight is 615 g/mol. The second-order valence-electron chi connectivity index (χ2n) is 10.7. The maximum atomic E-state index is 14.1. The van der Waals surface area contributed by atoms with Crippen LogP contribution in [-0.4, -0.2) is 21.4 Å². The topological polar surface area (TPSA) is 77.8 Å². The first-order valence-electron chi connectivity index (χ1n) is 14.1. The fraction of sp³-hybridized carbons (Fsp3) is 0.200. The molecule has 4 aromatic carbocycles. The fourth-order valence-electron chi connectivity index (χ4n) is 5.82. The molecule has 2 heterocycles. The predicted octanol–water partition coefficient (Wildman–Crippen LogP) is 8.66. The number of ether oxygens (including phenoxy) is 2. The van der Waals surface area contributed by atoms with Crippen LogP contribution in [0.25, 0.3) is 10.9 Å². The second kappa shape index (κ2) is 11.4. The van der Waals surface area contributed by atoms with Gasteiger partial charge in [0.2, 0.25) is 0 Å². The van der Waals surface area contributed by atoms with E-state index in [0.717, 1.165) is 27.7 Å². The molecule has 0 bridgehead atoms. The van der Waals surface area contributed by atoms with Crippen LogP contribution in [0.2, 0.25) is 10.0 Å². The zero-order valence-corrected chi connectivity index (χ0v) is 25.2. The number of fused-ring (bicyclic) bond motifs is 2. The second-order valence-corrected chi connectivity index (χ2v) is 11.6. The molecule has 0 aliphatic carbocycles. The Hall–Kier alpha value is -4.26. The van der Waals surface area contributed by atoms with Crippen LogP contribution in [-0.2, 0) is 17.1 Å². The van der Waals surface area contributed by atoms with Crippen LogP contribution in [0.4, 0.5) is 0 Å². The Morgan fingerprint density at radius 3 is 2.07 bits per heavy atom. The van der Waals surface area contributed by atoms with E-state index in [-0.39, 0.29) is 5.78 Å². The number of hydrogen-bond donors (Lipinski definition) is 1. The Balaban J connectivity index is 1.38. The Morgan fingerprint density at radius 2 is 1.47 bits per heavy atom. The van der Waals surface area contributed by atoms with Crippen molar-refractivity contribution in [2.24, 2.45) is 5.92 Å². The van der Waals surface area contributed by atoms with Crippen molar-refractivity contribution in [3.8, 4) is 11.5 Å². The number of hydrogen-bond acceptors (Lipinski definition) is 4. The standard InChI is InChI=1S/C35H29Cl2NO5/c1-3-22(34(40)41)18-19-38-21(2)32(28-6-4-5-7-29(28)38)33(39)23-8-17-30-31(20-23)43-35(42-30,24-9-13-26(36)14-10-24)25-11-15-27(37)16-12-25/h4-17,20,22H,3,18-19H2,1-2H3,(H,40,41). The van der Waals surface area contributed by atoms with Gasteiger partial charge in [0.1, 0.15) is 0 Å². The van der Waals surface area contributed by atoms with E-state index in [4.69, 9.17) is 32.7 Å². The van der Waals surface area contributed by atoms with Crippen molar-refractivity contribution in [3.05, 3.63) is 129 Å². The van der Waals surface area contributed by atoms with Gasteiger partial charge in [-0.15, -0.1) is 0 Å². The summed E-state index contributed by atoms with van der Waals surface area (Å²) < 4.78 is 15.1. The van der Waals surface area contributed by atoms with Crippen molar-refractivity contribution in [3.63, 3.8) is 0 Å². The highest BCUT2D eigenvalue weighted by molar-refractivity contribution is 6.30. The number of carbonyl (C=O) groups excluding carboxylic acids is 1. The molecule has 1 atom stereocenters. The van der Waals surface area contributed by atoms with Gasteiger partial charge in [0, 0.05) is 49.9 Å². The van der Waals surface area contributed by atoms with Gasteiger partial charge in [-0.2, -0.15) is 0 Å². The third kappa shape index (κ3) is 5.15. The van der Waals surface area contributed by atoms with E-state index in [9.17, 15) is 14.7 Å². The Morgan fingerprint density at radius 1 is 0.860 bits per heavy atom. The number of halogens is 2. The molecular formula is C35H29Cl2NO5. The number of aliphatic carboxylic acids is 1. The summed E-state index contributed by atoms with van der Waals surface area (Å²) in [5.74, 6) is -1.77. The minimum atomic E-state index is -1.30. The molecule has 0 saturated heterocycles. The number of aryl methyl sites for hydroxylation is 1. The SMILES string of the molecule is CCC(CCn1c(C)c(C(=O)c2ccc3c(c2)OC(c2ccc(Cl)cc2)(c2ccc(Cl)cc2)O3)c2ccccc21)C(=O)O. The van der Waals surface area contributed by atoms with Crippen LogP contribution in [0.15, 0.2) is 91.0 Å². The third-order valence-electron chi connectivity index (χ3n) is 8.16. The van der Waals surface area contributed by atoms with Crippen LogP contribution in [0.3, 0.4) is 0 Å². The smallest absolute Gasteiger partial charge is 0.306 e. The quantitative estimate of drug-likeness (QED) is 0.168. The van der Waals surface area contributed by atoms with Crippen molar-refractivity contribution < 1.29 is 24.2 Å². The number of nitrogens with zero attached hydrogens (tertiary/aromatic N) is 1. The molecule has 1 aliphatic rings. The van der Waals surface area contributed by atoms with Gasteiger partial charge in [0.25, 0.3) is 0 Å². The lowest BCUT2D eigenvalue weighted by molar-refractivity contribution is -0.142. The van der Waals surface area contributed by atoms with Gasteiger partial charge in [0.05, 0.1) is 11.5 Å². The summed E-state index contributed by atoms with van der Waals surface area (Å²) in [7, 11) is 0. The fourth-order valence-corrected chi connectivity index (χ4v) is 6.07. The van der Waals surface area contributed by atoms with Crippen molar-refractivity contribution >= 4 is 45.9 Å². The van der Waals surface area contributed by atoms with E-state index in [1.54, 1.807) is 42.5 Å². The van der Waals surface area contributed by atoms with Gasteiger partial charge in [-0.05, 0) is 92.6 Å². The molecule has 6 rings (SSSR count). The van der Waals surface area contributed by atoms with Gasteiger partial charge in [-0.25, -0.2) is 0 Å². The summed E-state index contributed by atoms with van der Waals surface area (Å²) in [4.78, 5) is 25.8. The van der Waals surface area contributed by atoms with Crippen LogP contribution >= 0.6 is 23.2 Å². The molecule has 5 aromatic rings. The largest absolute Gasteiger partial charge is 0.481 e. The lowest BCUT2D eigenvalue weighted by Gasteiger charge is -2.28. The molecule has 6 nitrogen and oxygen atoms in total. The number of carbonyl (C=O) groups is 2. The first-order chi connectivity index (χ1) is 20.7. The van der Waals surface area contributed by atoms with Crippen LogP contribution in [0, 0.1) is 12.8 Å². The monoisotopic (exact) mass is 613 g/mol. The number of carboxylic acid groups (broad SMARTS) is 1. The number of carboxylic acids is 1. The molecule has 0 fully saturated rings. The molecule has 0 saturated carbocycles. The number of ketones is 1. The zero-order chi connectivity index (χ0) is 30.3. The molecule has 0 amide bonds. The highest BCUT2D eigenvalue weighted by atomic mass is 35.5. The van der Waals surface area contributed by atoms with Crippen molar-refractivity contribution in [2.75, 3.05) is 0 Å². The summed E-state index contributed by atoms with van der Waals surface area (Å²) in [6, 6.07) is 27.4. The van der Waals surface area contributed by atoms with Crippen LogP contribution in [0.1, 0.15) is 52.5 Å². The molecule has 1 unspecified atom stereocenters. The van der Waals surface area contributed by atoms with Gasteiger partial charge >= 0.3 is 11.8 Å². The van der Waals surface area contributed by atoms with Gasteiger partial charge in [0.15, 0.2) is 17.3 Å². The highest BCUT2D eigenvalue weighted by Gasteiger charge is 2.45. The van der Waals surface area contributed by atoms with Crippen LogP contribution in [0.5, 0.6) is 11.5 Å². The number of benzene rings is 4. The maximum absolute atomic E-state index is 14.1. The van der Waals surface area contributed by atoms with E-state index < -0.39 is 17.7 Å². The summed E-state index contributed by atoms with van der Waals surface area (Å²) >= 11 is 12.4. The normalized spacial score (nSPS) is 14.1. The summed E-state index contributed by atoms with van der Waals surface area (Å²) in [6.45, 7) is 4.28. The minimum absolute atomic E-state index is 0.153. The molecule has 0 spiro atoms. The van der Waals surface area contributed by atoms with Crippen molar-refractivity contribution in [2.45, 2.75) is 39.0 Å². The maximum Gasteiger partial charge on any atom is 0.306 e. The molecule has 218 valence electrons. The Kier molecular flexibility index (Phi) is 7.67. The molecule has 8 heteroatoms. The molecule has 1 aliphatic heterocycles. The molecule has 0 radical (unpaired) electrons. The van der Waals surface area contributed by atoms with Gasteiger partial charge in [-0.3, -0.25) is 9.59 Å². The summed E-state index contributed by atoms with van der Waals surface area (Å²) in [5.41, 5.74) is 4.19. The lowest BCUT2D eigenvalue weighted by Crippen LogP contribution is -2.36.